The van der Waals surface area contributed by atoms with E-state index in [1.54, 1.807) is 43.5 Å². The first-order valence-corrected chi connectivity index (χ1v) is 17.3. The van der Waals surface area contributed by atoms with E-state index in [9.17, 15) is 31.2 Å². The van der Waals surface area contributed by atoms with E-state index in [4.69, 9.17) is 4.74 Å². The molecule has 1 atom stereocenters. The van der Waals surface area contributed by atoms with E-state index in [2.05, 4.69) is 20.1 Å². The summed E-state index contributed by atoms with van der Waals surface area (Å²) in [5, 5.41) is 5.60. The van der Waals surface area contributed by atoms with E-state index in [0.717, 1.165) is 28.2 Å². The van der Waals surface area contributed by atoms with Gasteiger partial charge in [0.1, 0.15) is 10.8 Å². The highest BCUT2D eigenvalue weighted by molar-refractivity contribution is 7.86. The van der Waals surface area contributed by atoms with Crippen LogP contribution < -0.4 is 10.5 Å². The Kier molecular flexibility index (Phi) is 9.40. The summed E-state index contributed by atoms with van der Waals surface area (Å²) in [5.41, 5.74) is -0.830. The number of anilines is 1. The van der Waals surface area contributed by atoms with E-state index < -0.39 is 39.6 Å². The van der Waals surface area contributed by atoms with Gasteiger partial charge in [-0.1, -0.05) is 18.2 Å². The SMILES string of the molecule is CC(OC(=O)Cc1nn(Cc2nc3cc(C(F)(F)F)ccc3s2)c(=O)c2ccccc12)c1nccc(N2CCN(S(=O)(=O)N(C)C)CC2)n1. The maximum absolute atomic E-state index is 13.4. The number of alkyl halides is 3. The normalized spacial score (nSPS) is 15.3. The largest absolute Gasteiger partial charge is 0.454 e. The monoisotopic (exact) mass is 716 g/mol. The van der Waals surface area contributed by atoms with Crippen LogP contribution in [0.15, 0.2) is 59.5 Å². The van der Waals surface area contributed by atoms with Crippen LogP contribution in [0.1, 0.15) is 35.1 Å². The van der Waals surface area contributed by atoms with Gasteiger partial charge in [0.25, 0.3) is 15.8 Å². The average molecular weight is 717 g/mol. The molecule has 0 aliphatic carbocycles. The molecular weight excluding hydrogens is 686 g/mol. The van der Waals surface area contributed by atoms with Crippen LogP contribution in [0, 0.1) is 0 Å². The molecule has 1 saturated heterocycles. The second kappa shape index (κ2) is 13.4. The lowest BCUT2D eigenvalue weighted by atomic mass is 10.1. The highest BCUT2D eigenvalue weighted by Crippen LogP contribution is 2.33. The predicted molar refractivity (Wildman–Crippen MR) is 176 cm³/mol. The van der Waals surface area contributed by atoms with Crippen molar-refractivity contribution >= 4 is 54.3 Å². The molecule has 2 aromatic carbocycles. The molecule has 1 aliphatic heterocycles. The molecule has 6 rings (SSSR count). The van der Waals surface area contributed by atoms with Crippen LogP contribution in [0.25, 0.3) is 21.0 Å². The number of benzene rings is 2. The summed E-state index contributed by atoms with van der Waals surface area (Å²) in [7, 11) is -0.549. The molecule has 0 bridgehead atoms. The first-order valence-electron chi connectivity index (χ1n) is 15.1. The number of esters is 1. The molecule has 49 heavy (non-hydrogen) atoms. The van der Waals surface area contributed by atoms with E-state index in [0.29, 0.717) is 39.4 Å². The van der Waals surface area contributed by atoms with Crippen molar-refractivity contribution in [1.29, 1.82) is 0 Å². The number of ether oxygens (including phenoxy) is 1. The van der Waals surface area contributed by atoms with Gasteiger partial charge in [0.05, 0.1) is 39.8 Å². The van der Waals surface area contributed by atoms with Gasteiger partial charge in [0.2, 0.25) is 0 Å². The van der Waals surface area contributed by atoms with Crippen LogP contribution >= 0.6 is 11.3 Å². The van der Waals surface area contributed by atoms with Crippen LogP contribution in [-0.2, 0) is 38.9 Å². The molecule has 13 nitrogen and oxygen atoms in total. The number of piperazine rings is 1. The summed E-state index contributed by atoms with van der Waals surface area (Å²) >= 11 is 1.15. The Labute approximate surface area is 282 Å². The number of halogens is 3. The summed E-state index contributed by atoms with van der Waals surface area (Å²) in [4.78, 5) is 41.6. The smallest absolute Gasteiger partial charge is 0.416 e. The fraction of sp³-hybridized carbons (Fsp3) is 0.355. The Balaban J connectivity index is 1.17. The van der Waals surface area contributed by atoms with Gasteiger partial charge in [0, 0.05) is 51.9 Å². The molecule has 18 heteroatoms. The minimum Gasteiger partial charge on any atom is -0.454 e. The van der Waals surface area contributed by atoms with Crippen LogP contribution in [-0.4, -0.2) is 88.0 Å². The highest BCUT2D eigenvalue weighted by Gasteiger charge is 2.31. The minimum atomic E-state index is -4.51. The van der Waals surface area contributed by atoms with Gasteiger partial charge < -0.3 is 9.64 Å². The molecular formula is C31H31F3N8O5S2. The summed E-state index contributed by atoms with van der Waals surface area (Å²) in [6.07, 6.45) is -4.10. The van der Waals surface area contributed by atoms with Crippen molar-refractivity contribution in [2.24, 2.45) is 0 Å². The van der Waals surface area contributed by atoms with Gasteiger partial charge in [0.15, 0.2) is 11.9 Å². The van der Waals surface area contributed by atoms with Gasteiger partial charge in [-0.2, -0.15) is 35.3 Å². The standard InChI is InChI=1S/C31H31F3N8O5S2/c1-19(29-35-11-10-26(37-29)40-12-14-41(15-13-40)49(45,46)39(2)3)47-28(43)17-23-21-6-4-5-7-22(21)30(44)42(38-23)18-27-36-24-16-20(31(32,33)34)8-9-25(24)48-27/h4-11,16,19H,12-15,17-18H2,1-3H3. The maximum atomic E-state index is 13.4. The molecule has 258 valence electrons. The maximum Gasteiger partial charge on any atom is 0.416 e. The Morgan fingerprint density at radius 2 is 1.76 bits per heavy atom. The summed E-state index contributed by atoms with van der Waals surface area (Å²) in [6.45, 7) is 2.91. The zero-order valence-electron chi connectivity index (χ0n) is 26.6. The van der Waals surface area contributed by atoms with Crippen LogP contribution in [0.3, 0.4) is 0 Å². The van der Waals surface area contributed by atoms with Crippen molar-refractivity contribution in [3.05, 3.63) is 87.2 Å². The van der Waals surface area contributed by atoms with Crippen molar-refractivity contribution in [2.45, 2.75) is 32.2 Å². The van der Waals surface area contributed by atoms with Crippen molar-refractivity contribution in [3.63, 3.8) is 0 Å². The zero-order valence-corrected chi connectivity index (χ0v) is 28.2. The number of carbonyl (C=O) groups is 1. The fourth-order valence-corrected chi connectivity index (χ4v) is 7.45. The zero-order chi connectivity index (χ0) is 35.1. The third-order valence-corrected chi connectivity index (χ3v) is 10.9. The number of hydrogen-bond acceptors (Lipinski definition) is 11. The third kappa shape index (κ3) is 7.26. The molecule has 0 saturated carbocycles. The van der Waals surface area contributed by atoms with Gasteiger partial charge in [-0.05, 0) is 37.3 Å². The molecule has 0 amide bonds. The van der Waals surface area contributed by atoms with Gasteiger partial charge in [-0.3, -0.25) is 9.59 Å². The number of hydrogen-bond donors (Lipinski definition) is 0. The summed E-state index contributed by atoms with van der Waals surface area (Å²) < 4.78 is 74.5. The van der Waals surface area contributed by atoms with E-state index >= 15 is 0 Å². The lowest BCUT2D eigenvalue weighted by molar-refractivity contribution is -0.148. The van der Waals surface area contributed by atoms with Crippen molar-refractivity contribution in [3.8, 4) is 0 Å². The Hall–Kier alpha value is -4.52. The second-order valence-corrected chi connectivity index (χ2v) is 14.8. The number of thiazole rings is 1. The number of aromatic nitrogens is 5. The Bertz CT molecular complexity index is 2200. The van der Waals surface area contributed by atoms with Crippen LogP contribution in [0.4, 0.5) is 19.0 Å². The quantitative estimate of drug-likeness (QED) is 0.208. The van der Waals surface area contributed by atoms with Gasteiger partial charge in [-0.25, -0.2) is 19.6 Å². The Morgan fingerprint density at radius 3 is 2.45 bits per heavy atom. The topological polar surface area (TPSA) is 144 Å². The molecule has 0 spiro atoms. The molecule has 1 unspecified atom stereocenters. The summed E-state index contributed by atoms with van der Waals surface area (Å²) in [6, 6.07) is 11.7. The number of rotatable bonds is 9. The molecule has 1 fully saturated rings. The van der Waals surface area contributed by atoms with Crippen molar-refractivity contribution in [2.75, 3.05) is 45.2 Å². The highest BCUT2D eigenvalue weighted by atomic mass is 32.2. The first kappa shape index (κ1) is 34.3. The predicted octanol–water partition coefficient (Wildman–Crippen LogP) is 3.64. The van der Waals surface area contributed by atoms with Crippen molar-refractivity contribution < 1.29 is 31.1 Å². The fourth-order valence-electron chi connectivity index (χ4n) is 5.43. The van der Waals surface area contributed by atoms with E-state index in [-0.39, 0.29) is 43.1 Å². The first-order chi connectivity index (χ1) is 23.2. The molecule has 3 aromatic heterocycles. The van der Waals surface area contributed by atoms with Crippen LogP contribution in [0.5, 0.6) is 0 Å². The minimum absolute atomic E-state index is 0.112. The van der Waals surface area contributed by atoms with Crippen molar-refractivity contribution in [1.82, 2.24) is 33.3 Å². The number of nitrogens with zero attached hydrogens (tertiary/aromatic N) is 8. The molecule has 0 radical (unpaired) electrons. The van der Waals surface area contributed by atoms with Gasteiger partial charge in [-0.15, -0.1) is 11.3 Å². The lowest BCUT2D eigenvalue weighted by Crippen LogP contribution is -2.51. The van der Waals surface area contributed by atoms with Gasteiger partial charge >= 0.3 is 12.1 Å². The second-order valence-electron chi connectivity index (χ2n) is 11.5. The molecule has 4 heterocycles. The third-order valence-electron chi connectivity index (χ3n) is 7.98. The lowest BCUT2D eigenvalue weighted by Gasteiger charge is -2.35. The van der Waals surface area contributed by atoms with E-state index in [1.807, 2.05) is 4.90 Å². The molecule has 5 aromatic rings. The average Bonchev–Trinajstić information content (AvgIpc) is 3.48. The number of fused-ring (bicyclic) bond motifs is 2. The number of carbonyl (C=O) groups excluding carboxylic acids is 1. The molecule has 0 N–H and O–H groups in total. The Morgan fingerprint density at radius 1 is 1.04 bits per heavy atom. The molecule has 1 aliphatic rings. The van der Waals surface area contributed by atoms with E-state index in [1.165, 1.54) is 28.8 Å². The van der Waals surface area contributed by atoms with Crippen LogP contribution in [0.2, 0.25) is 0 Å². The summed E-state index contributed by atoms with van der Waals surface area (Å²) in [5.74, 6) is 0.173.